The lowest BCUT2D eigenvalue weighted by Gasteiger charge is -2.35. The van der Waals surface area contributed by atoms with E-state index in [4.69, 9.17) is 0 Å². The lowest BCUT2D eigenvalue weighted by molar-refractivity contribution is 0.763. The third kappa shape index (κ3) is 2.82. The van der Waals surface area contributed by atoms with Crippen LogP contribution in [0.25, 0.3) is 11.1 Å². The van der Waals surface area contributed by atoms with Crippen LogP contribution in [0.15, 0.2) is 72.8 Å². The molecule has 1 aliphatic rings. The van der Waals surface area contributed by atoms with Gasteiger partial charge in [-0.15, -0.1) is 0 Å². The fourth-order valence-electron chi connectivity index (χ4n) is 5.39. The van der Waals surface area contributed by atoms with Gasteiger partial charge in [0.15, 0.2) is 0 Å². The van der Waals surface area contributed by atoms with Gasteiger partial charge in [0.1, 0.15) is 0 Å². The highest BCUT2D eigenvalue weighted by Gasteiger charge is 2.46. The Morgan fingerprint density at radius 1 is 0.452 bits per heavy atom. The van der Waals surface area contributed by atoms with Crippen LogP contribution in [-0.4, -0.2) is 0 Å². The van der Waals surface area contributed by atoms with Crippen LogP contribution in [-0.2, 0) is 5.41 Å². The molecular formula is C31H30. The minimum atomic E-state index is -0.306. The Bertz CT molecular complexity index is 1230. The maximum Gasteiger partial charge on any atom is 0.0713 e. The molecule has 0 fully saturated rings. The summed E-state index contributed by atoms with van der Waals surface area (Å²) < 4.78 is 0. The molecule has 0 bridgehead atoms. The molecule has 0 heteroatoms. The molecule has 0 aromatic heterocycles. The van der Waals surface area contributed by atoms with Crippen molar-refractivity contribution in [1.82, 2.24) is 0 Å². The fourth-order valence-corrected chi connectivity index (χ4v) is 5.39. The zero-order valence-corrected chi connectivity index (χ0v) is 19.4. The molecular weight excluding hydrogens is 372 g/mol. The van der Waals surface area contributed by atoms with E-state index >= 15 is 0 Å². The van der Waals surface area contributed by atoms with Gasteiger partial charge in [0.05, 0.1) is 5.41 Å². The van der Waals surface area contributed by atoms with Crippen LogP contribution in [0.1, 0.15) is 55.6 Å². The molecule has 0 saturated heterocycles. The van der Waals surface area contributed by atoms with E-state index in [9.17, 15) is 0 Å². The highest BCUT2D eigenvalue weighted by Crippen LogP contribution is 2.57. The summed E-state index contributed by atoms with van der Waals surface area (Å²) in [4.78, 5) is 0. The molecule has 5 rings (SSSR count). The molecule has 0 atom stereocenters. The van der Waals surface area contributed by atoms with Gasteiger partial charge < -0.3 is 0 Å². The van der Waals surface area contributed by atoms with E-state index in [1.807, 2.05) is 0 Å². The average Bonchev–Trinajstić information content (AvgIpc) is 2.98. The topological polar surface area (TPSA) is 0 Å². The van der Waals surface area contributed by atoms with Crippen molar-refractivity contribution < 1.29 is 0 Å². The first-order valence-electron chi connectivity index (χ1n) is 11.2. The van der Waals surface area contributed by atoms with Gasteiger partial charge in [-0.1, -0.05) is 83.9 Å². The van der Waals surface area contributed by atoms with Crippen molar-refractivity contribution in [3.05, 3.63) is 128 Å². The zero-order chi connectivity index (χ0) is 21.9. The Hall–Kier alpha value is -3.12. The Labute approximate surface area is 186 Å². The van der Waals surface area contributed by atoms with Crippen LogP contribution < -0.4 is 0 Å². The molecule has 0 amide bonds. The number of benzene rings is 4. The Kier molecular flexibility index (Phi) is 4.45. The number of hydrogen-bond donors (Lipinski definition) is 0. The maximum atomic E-state index is 2.44. The van der Waals surface area contributed by atoms with Crippen LogP contribution in [0, 0.1) is 41.5 Å². The number of rotatable bonds is 2. The van der Waals surface area contributed by atoms with E-state index in [1.54, 1.807) is 0 Å². The summed E-state index contributed by atoms with van der Waals surface area (Å²) in [6.07, 6.45) is 0. The summed E-state index contributed by atoms with van der Waals surface area (Å²) in [7, 11) is 0. The van der Waals surface area contributed by atoms with E-state index in [0.717, 1.165) is 0 Å². The largest absolute Gasteiger partial charge is 0.0713 e. The first-order valence-corrected chi connectivity index (χ1v) is 11.2. The van der Waals surface area contributed by atoms with Gasteiger partial charge in [-0.3, -0.25) is 0 Å². The van der Waals surface area contributed by atoms with Crippen molar-refractivity contribution in [2.75, 3.05) is 0 Å². The Morgan fingerprint density at radius 2 is 0.839 bits per heavy atom. The van der Waals surface area contributed by atoms with Gasteiger partial charge in [-0.2, -0.15) is 0 Å². The van der Waals surface area contributed by atoms with E-state index < -0.39 is 0 Å². The van der Waals surface area contributed by atoms with Crippen LogP contribution >= 0.6 is 0 Å². The molecule has 0 N–H and O–H groups in total. The molecule has 0 aliphatic heterocycles. The highest BCUT2D eigenvalue weighted by molar-refractivity contribution is 5.87. The predicted octanol–water partition coefficient (Wildman–Crippen LogP) is 7.90. The van der Waals surface area contributed by atoms with Crippen LogP contribution in [0.5, 0.6) is 0 Å². The van der Waals surface area contributed by atoms with Gasteiger partial charge in [0, 0.05) is 0 Å². The van der Waals surface area contributed by atoms with Crippen molar-refractivity contribution in [3.63, 3.8) is 0 Å². The zero-order valence-electron chi connectivity index (χ0n) is 19.4. The second-order valence-corrected chi connectivity index (χ2v) is 9.45. The third-order valence-electron chi connectivity index (χ3n) is 7.27. The first kappa shape index (κ1) is 19.8. The van der Waals surface area contributed by atoms with Crippen molar-refractivity contribution in [2.24, 2.45) is 0 Å². The van der Waals surface area contributed by atoms with Crippen LogP contribution in [0.4, 0.5) is 0 Å². The molecule has 0 saturated carbocycles. The van der Waals surface area contributed by atoms with Gasteiger partial charge in [-0.25, -0.2) is 0 Å². The minimum Gasteiger partial charge on any atom is -0.0617 e. The lowest BCUT2D eigenvalue weighted by Crippen LogP contribution is -2.29. The number of hydrogen-bond acceptors (Lipinski definition) is 0. The Morgan fingerprint density at radius 3 is 1.23 bits per heavy atom. The Balaban J connectivity index is 2.03. The molecule has 0 unspecified atom stereocenters. The second kappa shape index (κ2) is 6.95. The average molecular weight is 403 g/mol. The van der Waals surface area contributed by atoms with Crippen molar-refractivity contribution in [1.29, 1.82) is 0 Å². The summed E-state index contributed by atoms with van der Waals surface area (Å²) in [5, 5.41) is 0. The smallest absolute Gasteiger partial charge is 0.0617 e. The standard InChI is InChI=1S/C31H30/c1-19-9-7-11-25(13-19)31(26-12-8-10-20(2)14-26)29-17-23(5)21(3)15-27(29)28-16-22(4)24(6)18-30(28)31/h7-18H,1-6H3. The van der Waals surface area contributed by atoms with E-state index in [0.29, 0.717) is 0 Å². The van der Waals surface area contributed by atoms with E-state index in [2.05, 4.69) is 114 Å². The quantitative estimate of drug-likeness (QED) is 0.281. The number of aryl methyl sites for hydroxylation is 6. The molecule has 1 aliphatic carbocycles. The first-order chi connectivity index (χ1) is 14.8. The third-order valence-corrected chi connectivity index (χ3v) is 7.27. The van der Waals surface area contributed by atoms with Gasteiger partial charge in [-0.05, 0) is 97.2 Å². The van der Waals surface area contributed by atoms with Crippen LogP contribution in [0.3, 0.4) is 0 Å². The van der Waals surface area contributed by atoms with Crippen molar-refractivity contribution in [2.45, 2.75) is 47.0 Å². The molecule has 4 aromatic rings. The summed E-state index contributed by atoms with van der Waals surface area (Å²) in [5.74, 6) is 0. The SMILES string of the molecule is Cc1cccc(C2(c3cccc(C)c3)c3cc(C)c(C)cc3-c3cc(C)c(C)cc32)c1. The lowest BCUT2D eigenvalue weighted by atomic mass is 9.66. The molecule has 31 heavy (non-hydrogen) atoms. The van der Waals surface area contributed by atoms with Gasteiger partial charge >= 0.3 is 0 Å². The summed E-state index contributed by atoms with van der Waals surface area (Å²) >= 11 is 0. The van der Waals surface area contributed by atoms with Crippen molar-refractivity contribution in [3.8, 4) is 11.1 Å². The van der Waals surface area contributed by atoms with E-state index in [1.165, 1.54) is 66.8 Å². The second-order valence-electron chi connectivity index (χ2n) is 9.45. The summed E-state index contributed by atoms with van der Waals surface area (Å²) in [6, 6.07) is 27.9. The van der Waals surface area contributed by atoms with E-state index in [-0.39, 0.29) is 5.41 Å². The molecule has 0 heterocycles. The molecule has 4 aromatic carbocycles. The van der Waals surface area contributed by atoms with Crippen molar-refractivity contribution >= 4 is 0 Å². The minimum absolute atomic E-state index is 0.306. The number of fused-ring (bicyclic) bond motifs is 3. The summed E-state index contributed by atoms with van der Waals surface area (Å²) in [5.41, 5.74) is 16.0. The fraction of sp³-hybridized carbons (Fsp3) is 0.226. The van der Waals surface area contributed by atoms with Gasteiger partial charge in [0.25, 0.3) is 0 Å². The molecule has 0 nitrogen and oxygen atoms in total. The molecule has 0 spiro atoms. The monoisotopic (exact) mass is 402 g/mol. The maximum absolute atomic E-state index is 2.44. The highest BCUT2D eigenvalue weighted by atomic mass is 14.5. The van der Waals surface area contributed by atoms with Crippen LogP contribution in [0.2, 0.25) is 0 Å². The predicted molar refractivity (Wildman–Crippen MR) is 132 cm³/mol. The normalized spacial score (nSPS) is 13.7. The molecule has 154 valence electrons. The summed E-state index contributed by atoms with van der Waals surface area (Å²) in [6.45, 7) is 13.3. The molecule has 0 radical (unpaired) electrons. The van der Waals surface area contributed by atoms with Gasteiger partial charge in [0.2, 0.25) is 0 Å².